The summed E-state index contributed by atoms with van der Waals surface area (Å²) in [5.74, 6) is -0.0658. The molecule has 2 aromatic carbocycles. The second-order valence-corrected chi connectivity index (χ2v) is 5.84. The normalized spacial score (nSPS) is 10.9. The Morgan fingerprint density at radius 2 is 1.80 bits per heavy atom. The van der Waals surface area contributed by atoms with Crippen molar-refractivity contribution in [1.82, 2.24) is 9.97 Å². The van der Waals surface area contributed by atoms with Crippen molar-refractivity contribution in [2.24, 2.45) is 0 Å². The highest BCUT2D eigenvalue weighted by molar-refractivity contribution is 5.92. The van der Waals surface area contributed by atoms with Crippen molar-refractivity contribution in [3.05, 3.63) is 64.6 Å². The lowest BCUT2D eigenvalue weighted by atomic mass is 10.2. The van der Waals surface area contributed by atoms with E-state index in [1.54, 1.807) is 18.2 Å². The predicted molar refractivity (Wildman–Crippen MR) is 97.7 cm³/mol. The van der Waals surface area contributed by atoms with Gasteiger partial charge in [-0.3, -0.25) is 4.79 Å². The summed E-state index contributed by atoms with van der Waals surface area (Å²) >= 11 is 0. The van der Waals surface area contributed by atoms with Gasteiger partial charge in [-0.1, -0.05) is 30.3 Å². The highest BCUT2D eigenvalue weighted by atomic mass is 16.5. The first-order valence-corrected chi connectivity index (χ1v) is 8.34. The molecule has 0 aliphatic heterocycles. The Kier molecular flexibility index (Phi) is 5.64. The van der Waals surface area contributed by atoms with Crippen LogP contribution in [-0.4, -0.2) is 29.1 Å². The van der Waals surface area contributed by atoms with E-state index in [4.69, 9.17) is 4.74 Å². The van der Waals surface area contributed by atoms with Gasteiger partial charge in [-0.2, -0.15) is 0 Å². The van der Waals surface area contributed by atoms with Crippen LogP contribution in [0.15, 0.2) is 53.3 Å². The third kappa shape index (κ3) is 5.06. The van der Waals surface area contributed by atoms with Crippen LogP contribution in [0.2, 0.25) is 0 Å². The molecule has 0 aliphatic rings. The molecule has 0 unspecified atom stereocenters. The number of carbonyl (C=O) groups is 1. The van der Waals surface area contributed by atoms with E-state index in [2.05, 4.69) is 27.4 Å². The average Bonchev–Trinajstić information content (AvgIpc) is 2.98. The molecule has 1 aromatic heterocycles. The van der Waals surface area contributed by atoms with Gasteiger partial charge in [-0.05, 0) is 36.6 Å². The second kappa shape index (κ2) is 8.30. The van der Waals surface area contributed by atoms with Crippen molar-refractivity contribution in [2.75, 3.05) is 18.5 Å². The largest absolute Gasteiger partial charge is 0.381 e. The average molecular weight is 339 g/mol. The lowest BCUT2D eigenvalue weighted by molar-refractivity contribution is -0.116. The zero-order chi connectivity index (χ0) is 17.5. The summed E-state index contributed by atoms with van der Waals surface area (Å²) < 4.78 is 5.57. The van der Waals surface area contributed by atoms with Crippen molar-refractivity contribution < 1.29 is 9.53 Å². The molecule has 0 saturated carbocycles. The molecule has 0 atom stereocenters. The molecule has 0 radical (unpaired) electrons. The van der Waals surface area contributed by atoms with Crippen LogP contribution in [-0.2, 0) is 16.0 Å². The van der Waals surface area contributed by atoms with Crippen molar-refractivity contribution in [1.29, 1.82) is 0 Å². The Morgan fingerprint density at radius 1 is 1.00 bits per heavy atom. The molecule has 6 nitrogen and oxygen atoms in total. The van der Waals surface area contributed by atoms with E-state index in [0.29, 0.717) is 37.3 Å². The number of benzene rings is 2. The molecule has 1 amide bonds. The number of hydrogen-bond acceptors (Lipinski definition) is 3. The van der Waals surface area contributed by atoms with E-state index < -0.39 is 0 Å². The summed E-state index contributed by atoms with van der Waals surface area (Å²) in [4.78, 5) is 28.5. The fraction of sp³-hybridized carbons (Fsp3) is 0.263. The molecule has 25 heavy (non-hydrogen) atoms. The van der Waals surface area contributed by atoms with Gasteiger partial charge in [0.15, 0.2) is 0 Å². The number of imidazole rings is 1. The summed E-state index contributed by atoms with van der Waals surface area (Å²) in [6.07, 6.45) is 1.94. The fourth-order valence-electron chi connectivity index (χ4n) is 2.61. The third-order valence-corrected chi connectivity index (χ3v) is 3.87. The number of anilines is 1. The molecule has 3 N–H and O–H groups in total. The lowest BCUT2D eigenvalue weighted by Crippen LogP contribution is -2.12. The number of rotatable bonds is 8. The summed E-state index contributed by atoms with van der Waals surface area (Å²) in [6, 6.07) is 15.4. The Morgan fingerprint density at radius 3 is 2.64 bits per heavy atom. The topological polar surface area (TPSA) is 87.0 Å². The zero-order valence-corrected chi connectivity index (χ0v) is 13.9. The molecule has 1 heterocycles. The molecule has 0 bridgehead atoms. The highest BCUT2D eigenvalue weighted by Crippen LogP contribution is 2.14. The van der Waals surface area contributed by atoms with Crippen molar-refractivity contribution in [3.8, 4) is 0 Å². The quantitative estimate of drug-likeness (QED) is 0.552. The van der Waals surface area contributed by atoms with Crippen LogP contribution >= 0.6 is 0 Å². The SMILES string of the molecule is O=C(CCCOCCc1ccccc1)Nc1ccc2[nH]c(=O)[nH]c2c1. The van der Waals surface area contributed by atoms with E-state index in [1.807, 2.05) is 18.2 Å². The van der Waals surface area contributed by atoms with Crippen LogP contribution in [0.25, 0.3) is 11.0 Å². The number of carbonyl (C=O) groups excluding carboxylic acids is 1. The minimum Gasteiger partial charge on any atom is -0.381 e. The number of ether oxygens (including phenoxy) is 1. The first kappa shape index (κ1) is 17.0. The van der Waals surface area contributed by atoms with E-state index in [0.717, 1.165) is 11.9 Å². The second-order valence-electron chi connectivity index (χ2n) is 5.84. The highest BCUT2D eigenvalue weighted by Gasteiger charge is 2.04. The van der Waals surface area contributed by atoms with Crippen LogP contribution in [0.1, 0.15) is 18.4 Å². The number of hydrogen-bond donors (Lipinski definition) is 3. The molecule has 3 rings (SSSR count). The van der Waals surface area contributed by atoms with Crippen LogP contribution in [0.4, 0.5) is 5.69 Å². The minimum atomic E-state index is -0.258. The van der Waals surface area contributed by atoms with Gasteiger partial charge >= 0.3 is 5.69 Å². The van der Waals surface area contributed by atoms with Crippen molar-refractivity contribution in [2.45, 2.75) is 19.3 Å². The molecular weight excluding hydrogens is 318 g/mol. The van der Waals surface area contributed by atoms with Gasteiger partial charge in [0.1, 0.15) is 0 Å². The van der Waals surface area contributed by atoms with E-state index in [-0.39, 0.29) is 11.6 Å². The van der Waals surface area contributed by atoms with Crippen LogP contribution < -0.4 is 11.0 Å². The zero-order valence-electron chi connectivity index (χ0n) is 13.9. The molecule has 0 fully saturated rings. The number of H-pyrrole nitrogens is 2. The van der Waals surface area contributed by atoms with Crippen LogP contribution in [0.3, 0.4) is 0 Å². The Hall–Kier alpha value is -2.86. The lowest BCUT2D eigenvalue weighted by Gasteiger charge is -2.06. The first-order chi connectivity index (χ1) is 12.2. The van der Waals surface area contributed by atoms with Crippen molar-refractivity contribution >= 4 is 22.6 Å². The van der Waals surface area contributed by atoms with E-state index in [9.17, 15) is 9.59 Å². The molecule has 6 heteroatoms. The van der Waals surface area contributed by atoms with Gasteiger partial charge in [0.2, 0.25) is 5.91 Å². The molecule has 130 valence electrons. The Balaban J connectivity index is 1.35. The maximum Gasteiger partial charge on any atom is 0.323 e. The third-order valence-electron chi connectivity index (χ3n) is 3.87. The minimum absolute atomic E-state index is 0.0658. The standard InChI is InChI=1S/C19H21N3O3/c23-18(7-4-11-25-12-10-14-5-2-1-3-6-14)20-15-8-9-16-17(13-15)22-19(24)21-16/h1-3,5-6,8-9,13H,4,7,10-12H2,(H,20,23)(H2,21,22,24). The summed E-state index contributed by atoms with van der Waals surface area (Å²) in [5, 5.41) is 2.83. The summed E-state index contributed by atoms with van der Waals surface area (Å²) in [6.45, 7) is 1.22. The van der Waals surface area contributed by atoms with Gasteiger partial charge in [-0.25, -0.2) is 4.79 Å². The maximum absolute atomic E-state index is 12.0. The molecule has 0 spiro atoms. The Labute approximate surface area is 145 Å². The molecule has 0 saturated heterocycles. The first-order valence-electron chi connectivity index (χ1n) is 8.34. The summed E-state index contributed by atoms with van der Waals surface area (Å²) in [7, 11) is 0. The van der Waals surface area contributed by atoms with Crippen LogP contribution in [0.5, 0.6) is 0 Å². The monoisotopic (exact) mass is 339 g/mol. The predicted octanol–water partition coefficient (Wildman–Crippen LogP) is 2.83. The van der Waals surface area contributed by atoms with Crippen molar-refractivity contribution in [3.63, 3.8) is 0 Å². The number of aromatic amines is 2. The van der Waals surface area contributed by atoms with Gasteiger partial charge < -0.3 is 20.0 Å². The van der Waals surface area contributed by atoms with E-state index in [1.165, 1.54) is 5.56 Å². The van der Waals surface area contributed by atoms with Gasteiger partial charge in [0, 0.05) is 18.7 Å². The maximum atomic E-state index is 12.0. The number of fused-ring (bicyclic) bond motifs is 1. The molecular formula is C19H21N3O3. The molecule has 0 aliphatic carbocycles. The Bertz CT molecular complexity index is 884. The van der Waals surface area contributed by atoms with E-state index >= 15 is 0 Å². The number of nitrogens with one attached hydrogen (secondary N) is 3. The van der Waals surface area contributed by atoms with Crippen LogP contribution in [0, 0.1) is 0 Å². The van der Waals surface area contributed by atoms with Gasteiger partial charge in [0.05, 0.1) is 17.6 Å². The summed E-state index contributed by atoms with van der Waals surface area (Å²) in [5.41, 5.74) is 3.05. The van der Waals surface area contributed by atoms with Gasteiger partial charge in [0.25, 0.3) is 0 Å². The number of amides is 1. The van der Waals surface area contributed by atoms with Gasteiger partial charge in [-0.15, -0.1) is 0 Å². The number of aromatic nitrogens is 2. The fourth-order valence-corrected chi connectivity index (χ4v) is 2.61. The smallest absolute Gasteiger partial charge is 0.323 e. The molecule has 3 aromatic rings.